The summed E-state index contributed by atoms with van der Waals surface area (Å²) in [5, 5.41) is 2.45. The monoisotopic (exact) mass is 483 g/mol. The molecule has 3 N–H and O–H groups in total. The Balaban J connectivity index is 1.76. The molecular formula is C21H29N6O5P. The van der Waals surface area contributed by atoms with E-state index in [1.54, 1.807) is 29.7 Å². The number of ether oxygens (including phenoxy) is 2. The summed E-state index contributed by atoms with van der Waals surface area (Å²) in [6, 6.07) is 6.42. The van der Waals surface area contributed by atoms with E-state index in [1.165, 1.54) is 24.8 Å². The minimum atomic E-state index is -4.08. The molecule has 12 heteroatoms. The van der Waals surface area contributed by atoms with Gasteiger partial charge in [0.05, 0.1) is 26.4 Å². The molecule has 0 aliphatic heterocycles. The van der Waals surface area contributed by atoms with E-state index in [4.69, 9.17) is 24.6 Å². The highest BCUT2D eigenvalue weighted by molar-refractivity contribution is 7.57. The van der Waals surface area contributed by atoms with Crippen LogP contribution in [0.1, 0.15) is 37.1 Å². The van der Waals surface area contributed by atoms with Gasteiger partial charge in [-0.15, -0.1) is 0 Å². The fourth-order valence-corrected chi connectivity index (χ4v) is 4.65. The highest BCUT2D eigenvalue weighted by Gasteiger charge is 2.32. The molecule has 3 rings (SSSR count). The second-order valence-corrected chi connectivity index (χ2v) is 9.16. The number of anilines is 1. The molecule has 0 aliphatic carbocycles. The van der Waals surface area contributed by atoms with Gasteiger partial charge in [0.1, 0.15) is 30.0 Å². The molecule has 11 nitrogen and oxygen atoms in total. The molecule has 0 aliphatic rings. The zero-order valence-electron chi connectivity index (χ0n) is 25.0. The van der Waals surface area contributed by atoms with Crippen LogP contribution in [-0.4, -0.2) is 50.1 Å². The lowest BCUT2D eigenvalue weighted by Gasteiger charge is -2.25. The molecule has 0 fully saturated rings. The van der Waals surface area contributed by atoms with Crippen LogP contribution in [0.2, 0.25) is 0 Å². The number of rotatable bonds is 11. The van der Waals surface area contributed by atoms with Gasteiger partial charge in [0.15, 0.2) is 11.5 Å². The van der Waals surface area contributed by atoms with E-state index in [-0.39, 0.29) is 18.1 Å². The number of hydrogen-bond acceptors (Lipinski definition) is 9. The predicted octanol–water partition coefficient (Wildman–Crippen LogP) is 2.97. The van der Waals surface area contributed by atoms with Gasteiger partial charge in [-0.1, -0.05) is 18.2 Å². The van der Waals surface area contributed by atoms with Gasteiger partial charge in [-0.05, 0) is 39.7 Å². The van der Waals surface area contributed by atoms with Crippen LogP contribution in [0.4, 0.5) is 5.82 Å². The van der Waals surface area contributed by atoms with Gasteiger partial charge >= 0.3 is 13.5 Å². The molecule has 0 unspecified atom stereocenters. The van der Waals surface area contributed by atoms with Crippen LogP contribution >= 0.6 is 7.52 Å². The third-order valence-electron chi connectivity index (χ3n) is 4.35. The van der Waals surface area contributed by atoms with Crippen LogP contribution in [-0.2, 0) is 25.4 Å². The van der Waals surface area contributed by atoms with E-state index in [9.17, 15) is 9.36 Å². The SMILES string of the molecule is [2H]C([2H])([2H])C([2H])(OC(=O)[C@H](C)N[P@](=O)(CO[C@H](C)Cn1cnc2c(N)ncnc21)Oc1ccccc1)C([2H])([2H])[2H]. The standard InChI is InChI=1S/C21H29N6O5P/c1-14(2)31-21(28)16(4)26-33(29,32-17-8-6-5-7-9-17)13-30-15(3)10-27-12-25-18-19(22)23-11-24-20(18)27/h5-9,11-12,14-16H,10,13H2,1-4H3,(H,26,29)(H2,22,23,24)/t15-,16+,33+/m1/s1/i1D3,2D3,14D. The van der Waals surface area contributed by atoms with E-state index in [0.29, 0.717) is 11.2 Å². The lowest BCUT2D eigenvalue weighted by atomic mass is 10.3. The summed E-state index contributed by atoms with van der Waals surface area (Å²) >= 11 is 0. The quantitative estimate of drug-likeness (QED) is 0.308. The van der Waals surface area contributed by atoms with Gasteiger partial charge in [-0.2, -0.15) is 0 Å². The number of esters is 1. The maximum absolute atomic E-state index is 13.8. The second-order valence-electron chi connectivity index (χ2n) is 7.11. The number of nitrogens with one attached hydrogen (secondary N) is 1. The second kappa shape index (κ2) is 10.7. The molecule has 2 heterocycles. The maximum atomic E-state index is 13.8. The maximum Gasteiger partial charge on any atom is 0.342 e. The zero-order chi connectivity index (χ0) is 29.9. The Morgan fingerprint density at radius 1 is 1.27 bits per heavy atom. The minimum Gasteiger partial charge on any atom is -0.462 e. The average molecular weight is 484 g/mol. The van der Waals surface area contributed by atoms with Gasteiger partial charge in [0.25, 0.3) is 0 Å². The van der Waals surface area contributed by atoms with Crippen LogP contribution < -0.4 is 15.3 Å². The Bertz CT molecular complexity index is 1360. The first-order valence-electron chi connectivity index (χ1n) is 13.3. The summed E-state index contributed by atoms with van der Waals surface area (Å²) in [6.45, 7) is -3.93. The van der Waals surface area contributed by atoms with E-state index in [0.717, 1.165) is 6.92 Å². The minimum absolute atomic E-state index is 0.169. The van der Waals surface area contributed by atoms with Gasteiger partial charge in [0.2, 0.25) is 0 Å². The molecule has 178 valence electrons. The normalized spacial score (nSPS) is 19.4. The van der Waals surface area contributed by atoms with Crippen LogP contribution in [0.5, 0.6) is 5.75 Å². The van der Waals surface area contributed by atoms with E-state index in [2.05, 4.69) is 24.8 Å². The van der Waals surface area contributed by atoms with E-state index in [1.807, 2.05) is 0 Å². The molecular weight excluding hydrogens is 447 g/mol. The van der Waals surface area contributed by atoms with Crippen molar-refractivity contribution in [1.29, 1.82) is 0 Å². The fraction of sp³-hybridized carbons (Fsp3) is 0.429. The third kappa shape index (κ3) is 6.74. The molecule has 0 saturated heterocycles. The van der Waals surface area contributed by atoms with Crippen LogP contribution in [0.15, 0.2) is 43.0 Å². The molecule has 0 radical (unpaired) electrons. The number of fused-ring (bicyclic) bond motifs is 1. The number of nitrogens with two attached hydrogens (primary N) is 1. The molecule has 0 saturated carbocycles. The number of imidazole rings is 1. The van der Waals surface area contributed by atoms with Crippen molar-refractivity contribution < 1.29 is 33.0 Å². The summed E-state index contributed by atoms with van der Waals surface area (Å²) < 4.78 is 84.1. The molecule has 0 amide bonds. The van der Waals surface area contributed by atoms with Crippen LogP contribution in [0, 0.1) is 0 Å². The lowest BCUT2D eigenvalue weighted by Crippen LogP contribution is -2.37. The molecule has 0 bridgehead atoms. The molecule has 3 atom stereocenters. The van der Waals surface area contributed by atoms with Crippen molar-refractivity contribution in [3.05, 3.63) is 43.0 Å². The molecule has 33 heavy (non-hydrogen) atoms. The first-order chi connectivity index (χ1) is 18.5. The van der Waals surface area contributed by atoms with Crippen molar-refractivity contribution in [2.24, 2.45) is 0 Å². The van der Waals surface area contributed by atoms with Crippen molar-refractivity contribution in [3.63, 3.8) is 0 Å². The molecule has 2 aromatic heterocycles. The lowest BCUT2D eigenvalue weighted by molar-refractivity contribution is -0.149. The number of aromatic nitrogens is 4. The largest absolute Gasteiger partial charge is 0.462 e. The summed E-state index contributed by atoms with van der Waals surface area (Å²) in [6.07, 6.45) is -1.91. The van der Waals surface area contributed by atoms with Crippen molar-refractivity contribution in [3.8, 4) is 5.75 Å². The van der Waals surface area contributed by atoms with E-state index < -0.39 is 51.8 Å². The van der Waals surface area contributed by atoms with Crippen molar-refractivity contribution in [2.45, 2.75) is 52.3 Å². The average Bonchev–Trinajstić information content (AvgIpc) is 3.26. The van der Waals surface area contributed by atoms with Crippen LogP contribution in [0.25, 0.3) is 11.2 Å². The molecule has 1 aromatic carbocycles. The summed E-state index contributed by atoms with van der Waals surface area (Å²) in [7, 11) is -4.08. The highest BCUT2D eigenvalue weighted by atomic mass is 31.2. The third-order valence-corrected chi connectivity index (χ3v) is 6.13. The Morgan fingerprint density at radius 3 is 2.76 bits per heavy atom. The van der Waals surface area contributed by atoms with Crippen LogP contribution in [0.3, 0.4) is 0 Å². The van der Waals surface area contributed by atoms with Gasteiger partial charge in [0, 0.05) is 8.22 Å². The summed E-state index contributed by atoms with van der Waals surface area (Å²) in [4.78, 5) is 24.9. The number of benzene rings is 1. The fourth-order valence-electron chi connectivity index (χ4n) is 2.87. The van der Waals surface area contributed by atoms with E-state index >= 15 is 0 Å². The number of para-hydroxylation sites is 1. The number of hydrogen-bond donors (Lipinski definition) is 2. The smallest absolute Gasteiger partial charge is 0.342 e. The van der Waals surface area contributed by atoms with Crippen molar-refractivity contribution in [2.75, 3.05) is 12.1 Å². The zero-order valence-corrected chi connectivity index (χ0v) is 18.9. The van der Waals surface area contributed by atoms with Gasteiger partial charge in [-0.3, -0.25) is 9.36 Å². The number of carbonyl (C=O) groups excluding carboxylic acids is 1. The molecule has 0 spiro atoms. The number of nitrogen functional groups attached to an aromatic ring is 1. The van der Waals surface area contributed by atoms with Crippen molar-refractivity contribution in [1.82, 2.24) is 24.6 Å². The first kappa shape index (κ1) is 16.6. The summed E-state index contributed by atoms with van der Waals surface area (Å²) in [5.74, 6) is -1.06. The first-order valence-corrected chi connectivity index (χ1v) is 11.6. The predicted molar refractivity (Wildman–Crippen MR) is 124 cm³/mol. The topological polar surface area (TPSA) is 143 Å². The Hall–Kier alpha value is -3.01. The van der Waals surface area contributed by atoms with Crippen molar-refractivity contribution >= 4 is 30.5 Å². The van der Waals surface area contributed by atoms with Gasteiger partial charge < -0.3 is 24.3 Å². The Kier molecular flexibility index (Phi) is 5.39. The number of carbonyl (C=O) groups is 1. The van der Waals surface area contributed by atoms with Gasteiger partial charge in [-0.25, -0.2) is 20.0 Å². The number of nitrogens with zero attached hydrogens (tertiary/aromatic N) is 4. The summed E-state index contributed by atoms with van der Waals surface area (Å²) in [5.41, 5.74) is 6.68. The molecule has 3 aromatic rings. The Labute approximate surface area is 202 Å². The highest BCUT2D eigenvalue weighted by Crippen LogP contribution is 2.44. The Morgan fingerprint density at radius 2 is 2.03 bits per heavy atom.